The first-order valence-electron chi connectivity index (χ1n) is 13.9. The van der Waals surface area contributed by atoms with Gasteiger partial charge in [-0.3, -0.25) is 14.3 Å². The number of nitrogens with one attached hydrogen (secondary N) is 1. The van der Waals surface area contributed by atoms with E-state index in [-0.39, 0.29) is 43.0 Å². The van der Waals surface area contributed by atoms with Gasteiger partial charge >= 0.3 is 5.69 Å². The van der Waals surface area contributed by atoms with E-state index in [0.29, 0.717) is 17.7 Å². The fraction of sp³-hybridized carbons (Fsp3) is 0.800. The van der Waals surface area contributed by atoms with E-state index in [1.165, 1.54) is 4.57 Å². The maximum Gasteiger partial charge on any atom is 0.330 e. The second-order valence-electron chi connectivity index (χ2n) is 10.5. The predicted molar refractivity (Wildman–Crippen MR) is 157 cm³/mol. The van der Waals surface area contributed by atoms with Crippen molar-refractivity contribution in [3.63, 3.8) is 0 Å². The van der Waals surface area contributed by atoms with Crippen LogP contribution in [0, 0.1) is 6.57 Å². The lowest BCUT2D eigenvalue weighted by atomic mass is 10.2. The molecule has 1 aliphatic heterocycles. The van der Waals surface area contributed by atoms with E-state index in [4.69, 9.17) is 27.8 Å². The summed E-state index contributed by atoms with van der Waals surface area (Å²) in [6.45, 7) is 21.9. The molecule has 38 heavy (non-hydrogen) atoms. The van der Waals surface area contributed by atoms with Crippen molar-refractivity contribution in [2.75, 3.05) is 32.6 Å². The number of nitrogens with zero attached hydrogens (tertiary/aromatic N) is 3. The Kier molecular flexibility index (Phi) is 12.5. The van der Waals surface area contributed by atoms with Crippen LogP contribution in [0.3, 0.4) is 0 Å². The summed E-state index contributed by atoms with van der Waals surface area (Å²) in [6.07, 6.45) is 0.294. The molecule has 2 rings (SSSR count). The van der Waals surface area contributed by atoms with Crippen molar-refractivity contribution in [1.29, 1.82) is 0 Å². The van der Waals surface area contributed by atoms with E-state index in [1.54, 1.807) is 27.8 Å². The summed E-state index contributed by atoms with van der Waals surface area (Å²) in [5, 5.41) is 0. The molecule has 0 saturated carbocycles. The maximum absolute atomic E-state index is 12.8. The van der Waals surface area contributed by atoms with Crippen molar-refractivity contribution >= 4 is 30.1 Å². The number of hydrogen-bond acceptors (Lipinski definition) is 9. The number of rotatable bonds is 15. The molecule has 1 aliphatic rings. The van der Waals surface area contributed by atoms with Crippen LogP contribution in [-0.2, 0) is 24.9 Å². The van der Waals surface area contributed by atoms with Gasteiger partial charge in [0.25, 0.3) is 14.1 Å². The molecule has 10 nitrogen and oxygen atoms in total. The summed E-state index contributed by atoms with van der Waals surface area (Å²) in [7, 11) is 0.314. The SMILES string of the molecule is [2H]C([3H])OCC1OC(n2cc(CCSSC(C)(C)C)c(=O)[nH]c2=O)CC1OP(OCC[N+]#[C-])N(C(C)C)C(C)C. The number of ether oxygens (including phenoxy) is 2. The summed E-state index contributed by atoms with van der Waals surface area (Å²) < 4.78 is 42.4. The minimum Gasteiger partial charge on any atom is -0.382 e. The number of aromatic amines is 1. The Bertz CT molecular complexity index is 1070. The molecular weight excluding hydrogens is 547 g/mol. The third-order valence-electron chi connectivity index (χ3n) is 5.43. The van der Waals surface area contributed by atoms with Crippen molar-refractivity contribution in [2.24, 2.45) is 0 Å². The monoisotopic (exact) mass is 593 g/mol. The number of aromatic nitrogens is 2. The Hall–Kier alpha value is -0.900. The van der Waals surface area contributed by atoms with Crippen LogP contribution in [0.25, 0.3) is 4.85 Å². The maximum atomic E-state index is 12.8. The van der Waals surface area contributed by atoms with Crippen molar-refractivity contribution < 1.29 is 21.3 Å². The van der Waals surface area contributed by atoms with Gasteiger partial charge in [0.1, 0.15) is 18.9 Å². The van der Waals surface area contributed by atoms with E-state index in [2.05, 4.69) is 35.3 Å². The van der Waals surface area contributed by atoms with Gasteiger partial charge in [-0.05, 0) is 34.1 Å². The van der Waals surface area contributed by atoms with Crippen molar-refractivity contribution in [3.8, 4) is 0 Å². The number of methoxy groups -OCH3 is 1. The molecule has 216 valence electrons. The van der Waals surface area contributed by atoms with Crippen molar-refractivity contribution in [2.45, 2.75) is 96.6 Å². The molecule has 0 radical (unpaired) electrons. The lowest BCUT2D eigenvalue weighted by Crippen LogP contribution is -2.36. The molecule has 1 fully saturated rings. The summed E-state index contributed by atoms with van der Waals surface area (Å²) in [5.41, 5.74) is -0.521. The standard InChI is InChI=1S/C25H43N4O6PS2/c1-17(2)29(18(3)4)36(33-12-11-26-8)35-20-14-22(34-21(20)16-32-9)28-15-19(23(30)27-24(28)31)10-13-37-38-25(5,6)7/h15,17-18,20-22H,10-14,16H2,1-7,9H3,(H,27,30,31)/i9TD. The Morgan fingerprint density at radius 2 is 2.11 bits per heavy atom. The van der Waals surface area contributed by atoms with Crippen molar-refractivity contribution in [1.82, 2.24) is 14.2 Å². The molecule has 1 saturated heterocycles. The minimum absolute atomic E-state index is 0.0843. The van der Waals surface area contributed by atoms with Gasteiger partial charge < -0.3 is 23.4 Å². The molecule has 0 aromatic carbocycles. The van der Waals surface area contributed by atoms with E-state index in [9.17, 15) is 9.59 Å². The molecule has 13 heteroatoms. The molecule has 0 aliphatic carbocycles. The Morgan fingerprint density at radius 1 is 1.39 bits per heavy atom. The lowest BCUT2D eigenvalue weighted by Gasteiger charge is -2.37. The van der Waals surface area contributed by atoms with Crippen LogP contribution in [0.15, 0.2) is 15.8 Å². The average molecular weight is 594 g/mol. The summed E-state index contributed by atoms with van der Waals surface area (Å²) in [4.78, 5) is 31.1. The van der Waals surface area contributed by atoms with Crippen LogP contribution in [0.5, 0.6) is 0 Å². The van der Waals surface area contributed by atoms with E-state index in [1.807, 2.05) is 27.7 Å². The van der Waals surface area contributed by atoms with E-state index < -0.39 is 45.3 Å². The molecule has 0 spiro atoms. The van der Waals surface area contributed by atoms with Crippen LogP contribution in [0.4, 0.5) is 0 Å². The Labute approximate surface area is 238 Å². The normalized spacial score (nSPS) is 22.5. The van der Waals surface area contributed by atoms with Gasteiger partial charge in [0.2, 0.25) is 6.54 Å². The summed E-state index contributed by atoms with van der Waals surface area (Å²) in [6, 6.07) is 0.188. The third kappa shape index (κ3) is 10.3. The number of H-pyrrole nitrogens is 1. The lowest BCUT2D eigenvalue weighted by molar-refractivity contribution is -0.0527. The molecule has 5 atom stereocenters. The Balaban J connectivity index is 2.29. The highest BCUT2D eigenvalue weighted by atomic mass is 33.1. The Morgan fingerprint density at radius 3 is 2.71 bits per heavy atom. The van der Waals surface area contributed by atoms with Gasteiger partial charge in [0.05, 0.1) is 15.5 Å². The first-order chi connectivity index (χ1) is 18.7. The fourth-order valence-electron chi connectivity index (χ4n) is 3.92. The van der Waals surface area contributed by atoms with E-state index >= 15 is 0 Å². The zero-order valence-corrected chi connectivity index (χ0v) is 25.9. The largest absolute Gasteiger partial charge is 0.382 e. The highest BCUT2D eigenvalue weighted by Crippen LogP contribution is 2.49. The highest BCUT2D eigenvalue weighted by Gasteiger charge is 2.41. The van der Waals surface area contributed by atoms with Crippen LogP contribution in [0.1, 0.15) is 69.4 Å². The zero-order chi connectivity index (χ0) is 30.0. The second kappa shape index (κ2) is 15.8. The summed E-state index contributed by atoms with van der Waals surface area (Å²) in [5.74, 6) is 0.706. The van der Waals surface area contributed by atoms with Crippen LogP contribution < -0.4 is 11.2 Å². The van der Waals surface area contributed by atoms with Gasteiger partial charge in [-0.1, -0.05) is 42.4 Å². The molecule has 1 aromatic heterocycles. The summed E-state index contributed by atoms with van der Waals surface area (Å²) >= 11 is 0. The molecule has 1 N–H and O–H groups in total. The molecule has 2 heterocycles. The molecule has 0 amide bonds. The van der Waals surface area contributed by atoms with Gasteiger partial charge in [-0.15, -0.1) is 0 Å². The molecule has 1 aromatic rings. The van der Waals surface area contributed by atoms with Crippen molar-refractivity contribution in [3.05, 3.63) is 44.0 Å². The molecule has 0 bridgehead atoms. The zero-order valence-electron chi connectivity index (χ0n) is 25.3. The number of aryl methyl sites for hydroxylation is 1. The van der Waals surface area contributed by atoms with Gasteiger partial charge in [-0.25, -0.2) is 16.0 Å². The first-order valence-corrected chi connectivity index (χ1v) is 16.2. The quantitative estimate of drug-likeness (QED) is 0.132. The van der Waals surface area contributed by atoms with Gasteiger partial charge in [0, 0.05) is 47.8 Å². The van der Waals surface area contributed by atoms with Crippen LogP contribution >= 0.6 is 30.1 Å². The second-order valence-corrected chi connectivity index (χ2v) is 15.1. The average Bonchev–Trinajstić information content (AvgIpc) is 3.22. The van der Waals surface area contributed by atoms with Crippen LogP contribution in [-0.4, -0.2) is 75.8 Å². The minimum atomic E-state index is -1.59. The molecule has 5 unspecified atom stereocenters. The topological polar surface area (TPSA) is 99.4 Å². The molecular formula is C25H43N4O6PS2. The van der Waals surface area contributed by atoms with Crippen LogP contribution in [0.2, 0.25) is 0 Å². The highest BCUT2D eigenvalue weighted by molar-refractivity contribution is 8.77. The first kappa shape index (κ1) is 30.1. The smallest absolute Gasteiger partial charge is 0.330 e. The van der Waals surface area contributed by atoms with Gasteiger partial charge in [-0.2, -0.15) is 0 Å². The third-order valence-corrected chi connectivity index (χ3v) is 10.9. The van der Waals surface area contributed by atoms with E-state index in [0.717, 1.165) is 0 Å². The predicted octanol–water partition coefficient (Wildman–Crippen LogP) is 4.86. The number of hydrogen-bond donors (Lipinski definition) is 1. The fourth-order valence-corrected chi connectivity index (χ4v) is 7.97. The van der Waals surface area contributed by atoms with Gasteiger partial charge in [0.15, 0.2) is 0 Å².